The standard InChI is InChI=1S/C15H23N3O5S/c1-20-12-9-23-8-11(12)18(6-13(21-2)22-3)14-10(7-19)5-16-15(17-14)24-4/h5,7,11-13H,6,8-9H2,1-4H3/t11-,12-/m0/s1. The van der Waals surface area contributed by atoms with Gasteiger partial charge in [0.1, 0.15) is 11.9 Å². The summed E-state index contributed by atoms with van der Waals surface area (Å²) < 4.78 is 21.7. The van der Waals surface area contributed by atoms with Crippen LogP contribution in [-0.2, 0) is 18.9 Å². The second-order valence-corrected chi connectivity index (χ2v) is 5.96. The zero-order valence-corrected chi connectivity index (χ0v) is 15.1. The summed E-state index contributed by atoms with van der Waals surface area (Å²) in [5.74, 6) is 0.529. The highest BCUT2D eigenvalue weighted by Crippen LogP contribution is 2.26. The quantitative estimate of drug-likeness (QED) is 0.276. The first-order valence-electron chi connectivity index (χ1n) is 7.47. The van der Waals surface area contributed by atoms with E-state index in [1.165, 1.54) is 18.0 Å². The lowest BCUT2D eigenvalue weighted by Crippen LogP contribution is -2.49. The number of methoxy groups -OCH3 is 3. The van der Waals surface area contributed by atoms with Gasteiger partial charge in [-0.3, -0.25) is 4.79 Å². The van der Waals surface area contributed by atoms with Gasteiger partial charge in [-0.1, -0.05) is 11.8 Å². The van der Waals surface area contributed by atoms with Gasteiger partial charge in [-0.2, -0.15) is 0 Å². The smallest absolute Gasteiger partial charge is 0.189 e. The molecule has 0 radical (unpaired) electrons. The summed E-state index contributed by atoms with van der Waals surface area (Å²) in [6, 6.07) is -0.105. The molecule has 0 saturated carbocycles. The normalized spacial score (nSPS) is 20.5. The molecule has 1 aromatic heterocycles. The first-order chi connectivity index (χ1) is 11.7. The predicted octanol–water partition coefficient (Wildman–Crippen LogP) is 0.850. The Labute approximate surface area is 145 Å². The van der Waals surface area contributed by atoms with Crippen LogP contribution in [0.25, 0.3) is 0 Å². The molecule has 0 aliphatic carbocycles. The van der Waals surface area contributed by atoms with Gasteiger partial charge in [0.25, 0.3) is 0 Å². The minimum atomic E-state index is -0.477. The van der Waals surface area contributed by atoms with Gasteiger partial charge in [-0.15, -0.1) is 0 Å². The van der Waals surface area contributed by atoms with Crippen molar-refractivity contribution in [1.29, 1.82) is 0 Å². The van der Waals surface area contributed by atoms with E-state index in [2.05, 4.69) is 9.97 Å². The molecule has 0 bridgehead atoms. The molecule has 0 spiro atoms. The van der Waals surface area contributed by atoms with E-state index in [9.17, 15) is 4.79 Å². The van der Waals surface area contributed by atoms with E-state index >= 15 is 0 Å². The van der Waals surface area contributed by atoms with Crippen molar-refractivity contribution in [3.63, 3.8) is 0 Å². The maximum Gasteiger partial charge on any atom is 0.189 e. The van der Waals surface area contributed by atoms with Gasteiger partial charge in [0.2, 0.25) is 0 Å². The average molecular weight is 357 g/mol. The fourth-order valence-electron chi connectivity index (χ4n) is 2.60. The number of anilines is 1. The van der Waals surface area contributed by atoms with Crippen molar-refractivity contribution in [2.45, 2.75) is 23.6 Å². The van der Waals surface area contributed by atoms with Crippen molar-refractivity contribution in [2.24, 2.45) is 0 Å². The van der Waals surface area contributed by atoms with E-state index in [0.717, 1.165) is 6.29 Å². The minimum Gasteiger partial charge on any atom is -0.377 e. The van der Waals surface area contributed by atoms with Crippen LogP contribution in [0.5, 0.6) is 0 Å². The molecule has 9 heteroatoms. The van der Waals surface area contributed by atoms with Crippen molar-refractivity contribution in [3.05, 3.63) is 11.8 Å². The molecule has 2 heterocycles. The van der Waals surface area contributed by atoms with E-state index in [1.54, 1.807) is 21.3 Å². The first kappa shape index (κ1) is 19.1. The molecule has 134 valence electrons. The molecule has 2 atom stereocenters. The summed E-state index contributed by atoms with van der Waals surface area (Å²) in [4.78, 5) is 22.1. The average Bonchev–Trinajstić information content (AvgIpc) is 3.10. The number of aromatic nitrogens is 2. The van der Waals surface area contributed by atoms with Crippen LogP contribution in [-0.4, -0.2) is 82.0 Å². The maximum absolute atomic E-state index is 11.5. The van der Waals surface area contributed by atoms with Crippen molar-refractivity contribution in [3.8, 4) is 0 Å². The van der Waals surface area contributed by atoms with Crippen molar-refractivity contribution in [1.82, 2.24) is 9.97 Å². The van der Waals surface area contributed by atoms with Crippen molar-refractivity contribution in [2.75, 3.05) is 52.2 Å². The number of aldehydes is 1. The third-order valence-corrected chi connectivity index (χ3v) is 4.49. The monoisotopic (exact) mass is 357 g/mol. The molecule has 2 rings (SSSR count). The molecule has 1 fully saturated rings. The predicted molar refractivity (Wildman–Crippen MR) is 89.8 cm³/mol. The zero-order valence-electron chi connectivity index (χ0n) is 14.3. The maximum atomic E-state index is 11.5. The molecular weight excluding hydrogens is 334 g/mol. The lowest BCUT2D eigenvalue weighted by atomic mass is 10.1. The topological polar surface area (TPSA) is 83.0 Å². The Morgan fingerprint density at radius 3 is 2.75 bits per heavy atom. The van der Waals surface area contributed by atoms with Crippen LogP contribution in [0.2, 0.25) is 0 Å². The number of nitrogens with zero attached hydrogens (tertiary/aromatic N) is 3. The Morgan fingerprint density at radius 1 is 1.42 bits per heavy atom. The number of hydrogen-bond acceptors (Lipinski definition) is 9. The molecule has 1 aliphatic rings. The largest absolute Gasteiger partial charge is 0.377 e. The van der Waals surface area contributed by atoms with Gasteiger partial charge < -0.3 is 23.8 Å². The SMILES string of the molecule is COC(CN(c1nc(SC)ncc1C=O)[C@H]1COC[C@@H]1OC)OC. The number of hydrogen-bond donors (Lipinski definition) is 0. The van der Waals surface area contributed by atoms with Crippen LogP contribution in [0.4, 0.5) is 5.82 Å². The summed E-state index contributed by atoms with van der Waals surface area (Å²) in [6.07, 6.45) is 3.55. The van der Waals surface area contributed by atoms with Crippen molar-refractivity contribution < 1.29 is 23.7 Å². The van der Waals surface area contributed by atoms with E-state index < -0.39 is 6.29 Å². The molecule has 1 aromatic rings. The van der Waals surface area contributed by atoms with E-state index in [-0.39, 0.29) is 12.1 Å². The van der Waals surface area contributed by atoms with Crippen LogP contribution >= 0.6 is 11.8 Å². The van der Waals surface area contributed by atoms with Gasteiger partial charge in [-0.05, 0) is 6.26 Å². The first-order valence-corrected chi connectivity index (χ1v) is 8.69. The lowest BCUT2D eigenvalue weighted by Gasteiger charge is -2.34. The number of rotatable bonds is 9. The molecular formula is C15H23N3O5S. The molecule has 8 nitrogen and oxygen atoms in total. The van der Waals surface area contributed by atoms with Gasteiger partial charge in [0.05, 0.1) is 31.4 Å². The van der Waals surface area contributed by atoms with Crippen LogP contribution in [0.1, 0.15) is 10.4 Å². The van der Waals surface area contributed by atoms with Gasteiger partial charge >= 0.3 is 0 Å². The summed E-state index contributed by atoms with van der Waals surface area (Å²) in [7, 11) is 4.78. The Bertz CT molecular complexity index is 544. The number of ether oxygens (including phenoxy) is 4. The molecule has 0 amide bonds. The van der Waals surface area contributed by atoms with Gasteiger partial charge in [-0.25, -0.2) is 9.97 Å². The van der Waals surface area contributed by atoms with Crippen LogP contribution in [0.15, 0.2) is 11.4 Å². The third kappa shape index (κ3) is 4.22. The summed E-state index contributed by atoms with van der Waals surface area (Å²) in [6.45, 7) is 1.33. The molecule has 0 aromatic carbocycles. The fraction of sp³-hybridized carbons (Fsp3) is 0.667. The van der Waals surface area contributed by atoms with Gasteiger partial charge in [0, 0.05) is 27.5 Å². The second-order valence-electron chi connectivity index (χ2n) is 5.19. The molecule has 0 N–H and O–H groups in total. The molecule has 1 saturated heterocycles. The zero-order chi connectivity index (χ0) is 17.5. The Balaban J connectivity index is 2.42. The molecule has 24 heavy (non-hydrogen) atoms. The van der Waals surface area contributed by atoms with Crippen LogP contribution < -0.4 is 4.90 Å². The summed E-state index contributed by atoms with van der Waals surface area (Å²) >= 11 is 1.41. The fourth-order valence-corrected chi connectivity index (χ4v) is 2.94. The summed E-state index contributed by atoms with van der Waals surface area (Å²) in [5, 5.41) is 0.583. The molecule has 0 unspecified atom stereocenters. The van der Waals surface area contributed by atoms with Crippen LogP contribution in [0, 0.1) is 0 Å². The lowest BCUT2D eigenvalue weighted by molar-refractivity contribution is -0.0965. The van der Waals surface area contributed by atoms with Gasteiger partial charge in [0.15, 0.2) is 17.7 Å². The number of carbonyl (C=O) groups excluding carboxylic acids is 1. The molecule has 1 aliphatic heterocycles. The second kappa shape index (κ2) is 9.28. The minimum absolute atomic E-state index is 0.105. The Hall–Kier alpha value is -1.26. The highest BCUT2D eigenvalue weighted by molar-refractivity contribution is 7.98. The van der Waals surface area contributed by atoms with E-state index in [0.29, 0.717) is 36.3 Å². The summed E-state index contributed by atoms with van der Waals surface area (Å²) in [5.41, 5.74) is 0.403. The Kier molecular flexibility index (Phi) is 7.38. The van der Waals surface area contributed by atoms with Crippen molar-refractivity contribution >= 4 is 23.9 Å². The van der Waals surface area contributed by atoms with E-state index in [4.69, 9.17) is 18.9 Å². The highest BCUT2D eigenvalue weighted by Gasteiger charge is 2.36. The van der Waals surface area contributed by atoms with Crippen LogP contribution in [0.3, 0.4) is 0 Å². The van der Waals surface area contributed by atoms with E-state index in [1.807, 2.05) is 11.2 Å². The number of thioether (sulfide) groups is 1. The highest BCUT2D eigenvalue weighted by atomic mass is 32.2. The number of carbonyl (C=O) groups is 1. The Morgan fingerprint density at radius 2 is 2.17 bits per heavy atom. The third-order valence-electron chi connectivity index (χ3n) is 3.93.